The Labute approximate surface area is 248 Å². The summed E-state index contributed by atoms with van der Waals surface area (Å²) in [4.78, 5) is 59.3. The maximum absolute atomic E-state index is 14.0. The van der Waals surface area contributed by atoms with Crippen LogP contribution in [0.5, 0.6) is 0 Å². The highest BCUT2D eigenvalue weighted by Gasteiger charge is 2.40. The minimum absolute atomic E-state index is 0.0278. The Kier molecular flexibility index (Phi) is 12.9. The van der Waals surface area contributed by atoms with Crippen LogP contribution in [0, 0.1) is 11.3 Å². The van der Waals surface area contributed by atoms with Crippen molar-refractivity contribution in [3.8, 4) is 0 Å². The fraction of sp³-hybridized carbons (Fsp3) is 0.812. The summed E-state index contributed by atoms with van der Waals surface area (Å²) < 4.78 is 0. The first-order valence-corrected chi connectivity index (χ1v) is 15.7. The Morgan fingerprint density at radius 2 is 1.59 bits per heavy atom. The topological polar surface area (TPSA) is 102 Å². The Balaban J connectivity index is 2.25. The highest BCUT2D eigenvalue weighted by Crippen LogP contribution is 2.26. The number of piperidine rings is 1. The lowest BCUT2D eigenvalue weighted by Crippen LogP contribution is -2.60. The molecule has 9 nitrogen and oxygen atoms in total. The van der Waals surface area contributed by atoms with Crippen molar-refractivity contribution in [3.63, 3.8) is 0 Å². The molecule has 2 saturated heterocycles. The number of rotatable bonds is 11. The predicted molar refractivity (Wildman–Crippen MR) is 164 cm³/mol. The third-order valence-corrected chi connectivity index (χ3v) is 8.51. The average molecular weight is 576 g/mol. The second kappa shape index (κ2) is 15.2. The van der Waals surface area contributed by atoms with E-state index in [1.165, 1.54) is 0 Å². The van der Waals surface area contributed by atoms with Crippen molar-refractivity contribution in [2.45, 2.75) is 131 Å². The maximum Gasteiger partial charge on any atom is 0.249 e. The molecule has 0 aromatic heterocycles. The lowest BCUT2D eigenvalue weighted by atomic mass is 9.84. The zero-order valence-corrected chi connectivity index (χ0v) is 27.4. The summed E-state index contributed by atoms with van der Waals surface area (Å²) in [6.45, 7) is 20.0. The molecule has 2 heterocycles. The van der Waals surface area contributed by atoms with Gasteiger partial charge in [-0.2, -0.15) is 0 Å². The van der Waals surface area contributed by atoms with Crippen LogP contribution in [-0.2, 0) is 19.2 Å². The first kappa shape index (κ1) is 34.8. The minimum atomic E-state index is -0.716. The monoisotopic (exact) mass is 575 g/mol. The number of hydrogen-bond donors (Lipinski definition) is 2. The van der Waals surface area contributed by atoms with Crippen LogP contribution in [0.4, 0.5) is 0 Å². The van der Waals surface area contributed by atoms with E-state index in [9.17, 15) is 19.2 Å². The number of carbonyl (C=O) groups is 4. The van der Waals surface area contributed by atoms with E-state index in [1.807, 2.05) is 47.6 Å². The molecule has 0 saturated carbocycles. The Bertz CT molecular complexity index is 954. The molecule has 2 fully saturated rings. The predicted octanol–water partition coefficient (Wildman–Crippen LogP) is 3.73. The van der Waals surface area contributed by atoms with E-state index in [4.69, 9.17) is 0 Å². The zero-order valence-electron chi connectivity index (χ0n) is 27.4. The van der Waals surface area contributed by atoms with Crippen LogP contribution in [0.25, 0.3) is 0 Å². The summed E-state index contributed by atoms with van der Waals surface area (Å²) >= 11 is 0. The van der Waals surface area contributed by atoms with Gasteiger partial charge in [-0.15, -0.1) is 0 Å². The van der Waals surface area contributed by atoms with Crippen LogP contribution in [0.2, 0.25) is 0 Å². The van der Waals surface area contributed by atoms with Gasteiger partial charge in [0.25, 0.3) is 0 Å². The number of likely N-dealkylation sites (N-methyl/N-ethyl adjacent to an activating group) is 1. The fourth-order valence-electron chi connectivity index (χ4n) is 6.04. The second-order valence-corrected chi connectivity index (χ2v) is 13.6. The van der Waals surface area contributed by atoms with Crippen molar-refractivity contribution in [1.82, 2.24) is 25.3 Å². The van der Waals surface area contributed by atoms with Gasteiger partial charge in [-0.25, -0.2) is 0 Å². The summed E-state index contributed by atoms with van der Waals surface area (Å²) in [5, 5.41) is 6.05. The van der Waals surface area contributed by atoms with E-state index < -0.39 is 17.5 Å². The van der Waals surface area contributed by atoms with Crippen molar-refractivity contribution in [2.24, 2.45) is 11.3 Å². The van der Waals surface area contributed by atoms with E-state index >= 15 is 0 Å². The van der Waals surface area contributed by atoms with E-state index in [0.717, 1.165) is 38.6 Å². The lowest BCUT2D eigenvalue weighted by Gasteiger charge is -2.41. The van der Waals surface area contributed by atoms with Crippen LogP contribution >= 0.6 is 0 Å². The molecule has 0 bridgehead atoms. The number of nitrogens with zero attached hydrogens (tertiary/aromatic N) is 3. The Morgan fingerprint density at radius 3 is 2.15 bits per heavy atom. The van der Waals surface area contributed by atoms with Gasteiger partial charge in [0.1, 0.15) is 12.1 Å². The van der Waals surface area contributed by atoms with Gasteiger partial charge >= 0.3 is 0 Å². The normalized spacial score (nSPS) is 22.0. The largest absolute Gasteiger partial charge is 0.354 e. The number of nitrogens with one attached hydrogen (secondary N) is 2. The second-order valence-electron chi connectivity index (χ2n) is 13.6. The molecule has 2 rings (SSSR count). The molecule has 4 atom stereocenters. The summed E-state index contributed by atoms with van der Waals surface area (Å²) in [6.07, 6.45) is 7.01. The molecule has 41 heavy (non-hydrogen) atoms. The maximum atomic E-state index is 14.0. The van der Waals surface area contributed by atoms with E-state index in [2.05, 4.69) is 29.4 Å². The summed E-state index contributed by atoms with van der Waals surface area (Å²) in [7, 11) is 1.75. The molecular formula is C32H57N5O4. The van der Waals surface area contributed by atoms with E-state index in [1.54, 1.807) is 23.8 Å². The van der Waals surface area contributed by atoms with Gasteiger partial charge in [-0.1, -0.05) is 54.0 Å². The molecule has 0 radical (unpaired) electrons. The zero-order chi connectivity index (χ0) is 31.1. The van der Waals surface area contributed by atoms with Gasteiger partial charge < -0.3 is 20.4 Å². The van der Waals surface area contributed by atoms with Gasteiger partial charge in [-0.3, -0.25) is 24.1 Å². The SMILES string of the molecule is CCCNC(=O)[C@@H]1CCCN1C(=O)/C(C)=C/[C@H](C(C)C)N(C)C(=O)[C@@H](NC(=O)[C@H]1CCCCN1C(C)C)C(C)(C)C. The molecule has 0 aromatic rings. The number of likely N-dealkylation sites (tertiary alicyclic amines) is 2. The first-order chi connectivity index (χ1) is 19.1. The van der Waals surface area contributed by atoms with Crippen molar-refractivity contribution in [1.29, 1.82) is 0 Å². The highest BCUT2D eigenvalue weighted by molar-refractivity contribution is 5.97. The molecule has 2 aliphatic rings. The Morgan fingerprint density at radius 1 is 0.951 bits per heavy atom. The average Bonchev–Trinajstić information content (AvgIpc) is 3.41. The van der Waals surface area contributed by atoms with Crippen LogP contribution in [0.3, 0.4) is 0 Å². The highest BCUT2D eigenvalue weighted by atomic mass is 16.2. The molecule has 234 valence electrons. The Hall–Kier alpha value is -2.42. The fourth-order valence-corrected chi connectivity index (χ4v) is 6.04. The van der Waals surface area contributed by atoms with Crippen LogP contribution in [0.1, 0.15) is 101 Å². The van der Waals surface area contributed by atoms with Gasteiger partial charge in [-0.05, 0) is 70.8 Å². The van der Waals surface area contributed by atoms with Gasteiger partial charge in [0.05, 0.1) is 12.1 Å². The first-order valence-electron chi connectivity index (χ1n) is 15.7. The van der Waals surface area contributed by atoms with Crippen molar-refractivity contribution in [3.05, 3.63) is 11.6 Å². The van der Waals surface area contributed by atoms with Crippen LogP contribution in [0.15, 0.2) is 11.6 Å². The minimum Gasteiger partial charge on any atom is -0.354 e. The standard InChI is InChI=1S/C32H57N5O4/c1-11-17-33-28(38)24-16-14-19-37(24)30(40)23(6)20-26(21(2)3)35(10)31(41)27(32(7,8)9)34-29(39)25-15-12-13-18-36(25)22(4)5/h20-22,24-27H,11-19H2,1-10H3,(H,33,38)(H,34,39)/b23-20+/t24-,25+,26+,27+/m0/s1. The van der Waals surface area contributed by atoms with Crippen molar-refractivity contribution < 1.29 is 19.2 Å². The van der Waals surface area contributed by atoms with Gasteiger partial charge in [0.2, 0.25) is 23.6 Å². The van der Waals surface area contributed by atoms with Crippen LogP contribution < -0.4 is 10.6 Å². The molecule has 2 N–H and O–H groups in total. The molecule has 0 unspecified atom stereocenters. The molecule has 2 aliphatic heterocycles. The quantitative estimate of drug-likeness (QED) is 0.366. The number of carbonyl (C=O) groups excluding carboxylic acids is 4. The molecule has 4 amide bonds. The number of hydrogen-bond acceptors (Lipinski definition) is 5. The van der Waals surface area contributed by atoms with Crippen molar-refractivity contribution in [2.75, 3.05) is 26.7 Å². The van der Waals surface area contributed by atoms with Crippen molar-refractivity contribution >= 4 is 23.6 Å². The summed E-state index contributed by atoms with van der Waals surface area (Å²) in [5.74, 6) is -0.510. The smallest absolute Gasteiger partial charge is 0.249 e. The number of amides is 4. The van der Waals surface area contributed by atoms with Gasteiger partial charge in [0.15, 0.2) is 0 Å². The lowest BCUT2D eigenvalue weighted by molar-refractivity contribution is -0.142. The molecule has 0 aliphatic carbocycles. The molecule has 0 aromatic carbocycles. The third-order valence-electron chi connectivity index (χ3n) is 8.51. The van der Waals surface area contributed by atoms with E-state index in [0.29, 0.717) is 25.1 Å². The molecular weight excluding hydrogens is 518 g/mol. The third kappa shape index (κ3) is 9.03. The molecule has 9 heteroatoms. The van der Waals surface area contributed by atoms with E-state index in [-0.39, 0.29) is 47.7 Å². The van der Waals surface area contributed by atoms with Crippen LogP contribution in [-0.4, -0.2) is 95.2 Å². The molecule has 0 spiro atoms. The summed E-state index contributed by atoms with van der Waals surface area (Å²) in [6, 6.07) is -1.52. The summed E-state index contributed by atoms with van der Waals surface area (Å²) in [5.41, 5.74) is 0.00736. The van der Waals surface area contributed by atoms with Gasteiger partial charge in [0, 0.05) is 31.8 Å².